The van der Waals surface area contributed by atoms with Crippen LogP contribution in [0.2, 0.25) is 0 Å². The van der Waals surface area contributed by atoms with Crippen LogP contribution in [0, 0.1) is 5.41 Å². The number of carbonyl (C=O) groups excluding carboxylic acids is 1. The third-order valence-electron chi connectivity index (χ3n) is 3.34. The molecular formula is C18H20O2S2. The molecule has 0 bridgehead atoms. The van der Waals surface area contributed by atoms with Crippen LogP contribution in [0.1, 0.15) is 20.3 Å². The maximum atomic E-state index is 12.3. The van der Waals surface area contributed by atoms with Crippen LogP contribution in [-0.2, 0) is 4.79 Å². The second-order valence-corrected chi connectivity index (χ2v) is 7.36. The van der Waals surface area contributed by atoms with E-state index in [1.807, 2.05) is 56.3 Å². The summed E-state index contributed by atoms with van der Waals surface area (Å²) < 4.78 is 5.44. The standard InChI is InChI=1S/C18H20O2S2/c1-18(2,17(19)20-14-6-4-3-5-7-14)12-13-22-16-10-8-15(21)9-11-16/h3-11,21H,12-13H2,1-2H3. The number of ether oxygens (including phenoxy) is 1. The van der Waals surface area contributed by atoms with Gasteiger partial charge in [-0.15, -0.1) is 24.4 Å². The van der Waals surface area contributed by atoms with Crippen LogP contribution in [-0.4, -0.2) is 11.7 Å². The fraction of sp³-hybridized carbons (Fsp3) is 0.278. The van der Waals surface area contributed by atoms with Crippen molar-refractivity contribution in [2.45, 2.75) is 30.1 Å². The average molecular weight is 332 g/mol. The minimum absolute atomic E-state index is 0.190. The van der Waals surface area contributed by atoms with E-state index >= 15 is 0 Å². The highest BCUT2D eigenvalue weighted by atomic mass is 32.2. The Kier molecular flexibility index (Phi) is 5.98. The van der Waals surface area contributed by atoms with Gasteiger partial charge >= 0.3 is 5.97 Å². The number of hydrogen-bond acceptors (Lipinski definition) is 4. The van der Waals surface area contributed by atoms with Crippen molar-refractivity contribution in [2.24, 2.45) is 5.41 Å². The Morgan fingerprint density at radius 3 is 2.36 bits per heavy atom. The van der Waals surface area contributed by atoms with E-state index in [4.69, 9.17) is 4.74 Å². The number of benzene rings is 2. The van der Waals surface area contributed by atoms with Crippen LogP contribution in [0.5, 0.6) is 5.75 Å². The molecule has 0 N–H and O–H groups in total. The molecule has 0 saturated carbocycles. The summed E-state index contributed by atoms with van der Waals surface area (Å²) in [5, 5.41) is 0. The van der Waals surface area contributed by atoms with Crippen LogP contribution < -0.4 is 4.74 Å². The second kappa shape index (κ2) is 7.75. The number of esters is 1. The lowest BCUT2D eigenvalue weighted by atomic mass is 9.90. The van der Waals surface area contributed by atoms with E-state index in [1.165, 1.54) is 4.90 Å². The van der Waals surface area contributed by atoms with Crippen LogP contribution in [0.15, 0.2) is 64.4 Å². The molecule has 2 nitrogen and oxygen atoms in total. The Labute approximate surface area is 141 Å². The predicted molar refractivity (Wildman–Crippen MR) is 94.9 cm³/mol. The molecule has 0 aliphatic rings. The molecule has 0 fully saturated rings. The van der Waals surface area contributed by atoms with Gasteiger partial charge < -0.3 is 4.74 Å². The highest BCUT2D eigenvalue weighted by molar-refractivity contribution is 7.99. The molecule has 4 heteroatoms. The first-order valence-electron chi connectivity index (χ1n) is 7.16. The Balaban J connectivity index is 1.84. The summed E-state index contributed by atoms with van der Waals surface area (Å²) in [6.45, 7) is 3.85. The average Bonchev–Trinajstić information content (AvgIpc) is 2.50. The predicted octanol–water partition coefficient (Wildman–Crippen LogP) is 5.09. The van der Waals surface area contributed by atoms with E-state index in [-0.39, 0.29) is 5.97 Å². The number of rotatable bonds is 6. The molecule has 2 aromatic rings. The monoisotopic (exact) mass is 332 g/mol. The van der Waals surface area contributed by atoms with Crippen molar-refractivity contribution in [1.29, 1.82) is 0 Å². The quantitative estimate of drug-likeness (QED) is 0.345. The van der Waals surface area contributed by atoms with Gasteiger partial charge in [-0.05, 0) is 62.4 Å². The van der Waals surface area contributed by atoms with Gasteiger partial charge in [-0.1, -0.05) is 18.2 Å². The van der Waals surface area contributed by atoms with Crippen LogP contribution in [0.25, 0.3) is 0 Å². The minimum Gasteiger partial charge on any atom is -0.426 e. The van der Waals surface area contributed by atoms with Crippen LogP contribution in [0.3, 0.4) is 0 Å². The van der Waals surface area contributed by atoms with Gasteiger partial charge in [0.1, 0.15) is 5.75 Å². The van der Waals surface area contributed by atoms with E-state index in [0.717, 1.165) is 17.1 Å². The smallest absolute Gasteiger partial charge is 0.316 e. The van der Waals surface area contributed by atoms with Gasteiger partial charge in [-0.3, -0.25) is 4.79 Å². The van der Waals surface area contributed by atoms with E-state index in [2.05, 4.69) is 12.6 Å². The highest BCUT2D eigenvalue weighted by Crippen LogP contribution is 2.29. The number of hydrogen-bond donors (Lipinski definition) is 1. The molecule has 0 unspecified atom stereocenters. The molecule has 0 spiro atoms. The zero-order valence-corrected chi connectivity index (χ0v) is 14.5. The van der Waals surface area contributed by atoms with E-state index in [0.29, 0.717) is 5.75 Å². The zero-order chi connectivity index (χ0) is 16.0. The van der Waals surface area contributed by atoms with Crippen molar-refractivity contribution >= 4 is 30.4 Å². The van der Waals surface area contributed by atoms with Crippen LogP contribution in [0.4, 0.5) is 0 Å². The van der Waals surface area contributed by atoms with E-state index in [1.54, 1.807) is 23.9 Å². The maximum absolute atomic E-state index is 12.3. The van der Waals surface area contributed by atoms with E-state index < -0.39 is 5.41 Å². The van der Waals surface area contributed by atoms with Crippen molar-refractivity contribution in [1.82, 2.24) is 0 Å². The lowest BCUT2D eigenvalue weighted by molar-refractivity contribution is -0.144. The number of para-hydroxylation sites is 1. The molecule has 0 atom stereocenters. The first kappa shape index (κ1) is 17.0. The largest absolute Gasteiger partial charge is 0.426 e. The first-order valence-corrected chi connectivity index (χ1v) is 8.60. The molecular weight excluding hydrogens is 312 g/mol. The van der Waals surface area contributed by atoms with Gasteiger partial charge in [0.25, 0.3) is 0 Å². The maximum Gasteiger partial charge on any atom is 0.316 e. The topological polar surface area (TPSA) is 26.3 Å². The van der Waals surface area contributed by atoms with Crippen molar-refractivity contribution in [3.05, 3.63) is 54.6 Å². The molecule has 0 saturated heterocycles. The Morgan fingerprint density at radius 1 is 1.09 bits per heavy atom. The molecule has 0 aromatic heterocycles. The molecule has 0 heterocycles. The third kappa shape index (κ3) is 5.11. The van der Waals surface area contributed by atoms with Crippen molar-refractivity contribution in [3.8, 4) is 5.75 Å². The van der Waals surface area contributed by atoms with E-state index in [9.17, 15) is 4.79 Å². The lowest BCUT2D eigenvalue weighted by Crippen LogP contribution is -2.29. The fourth-order valence-electron chi connectivity index (χ4n) is 1.80. The van der Waals surface area contributed by atoms with Crippen molar-refractivity contribution in [3.63, 3.8) is 0 Å². The van der Waals surface area contributed by atoms with Crippen LogP contribution >= 0.6 is 24.4 Å². The molecule has 0 aliphatic heterocycles. The number of carbonyl (C=O) groups is 1. The fourth-order valence-corrected chi connectivity index (χ4v) is 3.13. The summed E-state index contributed by atoms with van der Waals surface area (Å²) in [5.41, 5.74) is -0.508. The third-order valence-corrected chi connectivity index (χ3v) is 4.65. The van der Waals surface area contributed by atoms with Gasteiger partial charge in [-0.25, -0.2) is 0 Å². The Bertz CT molecular complexity index is 607. The molecule has 0 amide bonds. The van der Waals surface area contributed by atoms with Crippen molar-refractivity contribution < 1.29 is 9.53 Å². The van der Waals surface area contributed by atoms with Gasteiger partial charge in [0.2, 0.25) is 0 Å². The Hall–Kier alpha value is -1.39. The minimum atomic E-state index is -0.508. The van der Waals surface area contributed by atoms with Gasteiger partial charge in [0.15, 0.2) is 0 Å². The summed E-state index contributed by atoms with van der Waals surface area (Å²) in [6.07, 6.45) is 0.756. The van der Waals surface area contributed by atoms with Gasteiger partial charge in [0, 0.05) is 9.79 Å². The molecule has 2 rings (SSSR count). The molecule has 22 heavy (non-hydrogen) atoms. The number of thioether (sulfide) groups is 1. The molecule has 0 aliphatic carbocycles. The van der Waals surface area contributed by atoms with Crippen molar-refractivity contribution in [2.75, 3.05) is 5.75 Å². The molecule has 116 valence electrons. The first-order chi connectivity index (χ1) is 10.5. The summed E-state index contributed by atoms with van der Waals surface area (Å²) in [6, 6.07) is 17.2. The molecule has 2 aromatic carbocycles. The normalized spacial score (nSPS) is 11.2. The summed E-state index contributed by atoms with van der Waals surface area (Å²) in [7, 11) is 0. The summed E-state index contributed by atoms with van der Waals surface area (Å²) >= 11 is 6.01. The summed E-state index contributed by atoms with van der Waals surface area (Å²) in [4.78, 5) is 14.4. The zero-order valence-electron chi connectivity index (χ0n) is 12.8. The van der Waals surface area contributed by atoms with Gasteiger partial charge in [0.05, 0.1) is 5.41 Å². The number of thiol groups is 1. The Morgan fingerprint density at radius 2 is 1.73 bits per heavy atom. The lowest BCUT2D eigenvalue weighted by Gasteiger charge is -2.22. The SMILES string of the molecule is CC(C)(CCSc1ccc(S)cc1)C(=O)Oc1ccccc1. The second-order valence-electron chi connectivity index (χ2n) is 5.68. The highest BCUT2D eigenvalue weighted by Gasteiger charge is 2.29. The molecule has 0 radical (unpaired) electrons. The summed E-state index contributed by atoms with van der Waals surface area (Å²) in [5.74, 6) is 1.27. The van der Waals surface area contributed by atoms with Gasteiger partial charge in [-0.2, -0.15) is 0 Å².